The Balaban J connectivity index is 1.64. The number of amides is 2. The van der Waals surface area contributed by atoms with Gasteiger partial charge in [-0.15, -0.1) is 0 Å². The van der Waals surface area contributed by atoms with E-state index in [0.29, 0.717) is 13.0 Å². The lowest BCUT2D eigenvalue weighted by atomic mass is 10.1. The van der Waals surface area contributed by atoms with Crippen molar-refractivity contribution in [3.05, 3.63) is 42.1 Å². The van der Waals surface area contributed by atoms with Gasteiger partial charge in [0, 0.05) is 30.9 Å². The summed E-state index contributed by atoms with van der Waals surface area (Å²) in [7, 11) is 0. The molecule has 8 nitrogen and oxygen atoms in total. The van der Waals surface area contributed by atoms with E-state index in [2.05, 4.69) is 15.3 Å². The molecule has 0 spiro atoms. The summed E-state index contributed by atoms with van der Waals surface area (Å²) < 4.78 is 45.2. The monoisotopic (exact) mass is 425 g/mol. The van der Waals surface area contributed by atoms with Crippen LogP contribution < -0.4 is 5.32 Å². The Morgan fingerprint density at radius 2 is 1.97 bits per heavy atom. The maximum Gasteiger partial charge on any atom is 0.416 e. The third kappa shape index (κ3) is 5.28. The standard InChI is InChI=1S/C19H22F3N5O3/c1-18(2,3)25-17(29)30-13-5-7-26(9-13)16(28)14-10-27(11-24-14)15-8-12(4-6-23-15)19(20,21)22/h4,6,8,10-11,13H,5,7,9H2,1-3H3,(H,25,29)/t13-/m0/s1. The number of nitrogens with one attached hydrogen (secondary N) is 1. The summed E-state index contributed by atoms with van der Waals surface area (Å²) in [5.74, 6) is -0.402. The zero-order valence-corrected chi connectivity index (χ0v) is 16.7. The summed E-state index contributed by atoms with van der Waals surface area (Å²) in [5, 5.41) is 2.69. The number of hydrogen-bond donors (Lipinski definition) is 1. The van der Waals surface area contributed by atoms with Gasteiger partial charge in [0.2, 0.25) is 0 Å². The van der Waals surface area contributed by atoms with Crippen molar-refractivity contribution < 1.29 is 27.5 Å². The first kappa shape index (κ1) is 21.6. The summed E-state index contributed by atoms with van der Waals surface area (Å²) in [5.41, 5.74) is -1.22. The molecule has 0 aliphatic carbocycles. The third-order valence-electron chi connectivity index (χ3n) is 4.32. The van der Waals surface area contributed by atoms with Crippen molar-refractivity contribution in [1.29, 1.82) is 0 Å². The van der Waals surface area contributed by atoms with Crippen molar-refractivity contribution in [3.8, 4) is 5.82 Å². The van der Waals surface area contributed by atoms with Crippen molar-refractivity contribution in [2.24, 2.45) is 0 Å². The van der Waals surface area contributed by atoms with E-state index < -0.39 is 35.4 Å². The number of rotatable bonds is 3. The fourth-order valence-corrected chi connectivity index (χ4v) is 2.95. The van der Waals surface area contributed by atoms with Crippen molar-refractivity contribution in [3.63, 3.8) is 0 Å². The number of alkyl halides is 3. The van der Waals surface area contributed by atoms with Crippen LogP contribution in [0.25, 0.3) is 5.82 Å². The molecule has 2 aromatic rings. The molecule has 0 bridgehead atoms. The van der Waals surface area contributed by atoms with E-state index in [1.165, 1.54) is 22.0 Å². The molecule has 11 heteroatoms. The molecule has 2 amide bonds. The molecular formula is C19H22F3N5O3. The first-order valence-electron chi connectivity index (χ1n) is 9.28. The summed E-state index contributed by atoms with van der Waals surface area (Å²) >= 11 is 0. The normalized spacial score (nSPS) is 17.1. The van der Waals surface area contributed by atoms with E-state index in [0.717, 1.165) is 18.3 Å². The summed E-state index contributed by atoms with van der Waals surface area (Å²) in [6.07, 6.45) is -1.41. The molecule has 3 heterocycles. The second-order valence-corrected chi connectivity index (χ2v) is 8.01. The van der Waals surface area contributed by atoms with Crippen LogP contribution >= 0.6 is 0 Å². The zero-order chi connectivity index (χ0) is 22.1. The number of halogens is 3. The van der Waals surface area contributed by atoms with Gasteiger partial charge in [-0.1, -0.05) is 0 Å². The fraction of sp³-hybridized carbons (Fsp3) is 0.474. The molecule has 1 fully saturated rings. The van der Waals surface area contributed by atoms with E-state index >= 15 is 0 Å². The van der Waals surface area contributed by atoms with E-state index in [4.69, 9.17) is 4.74 Å². The van der Waals surface area contributed by atoms with Gasteiger partial charge >= 0.3 is 12.3 Å². The van der Waals surface area contributed by atoms with Gasteiger partial charge in [0.05, 0.1) is 12.1 Å². The lowest BCUT2D eigenvalue weighted by Crippen LogP contribution is -2.42. The maximum absolute atomic E-state index is 12.9. The Morgan fingerprint density at radius 1 is 1.23 bits per heavy atom. The fourth-order valence-electron chi connectivity index (χ4n) is 2.95. The van der Waals surface area contributed by atoms with E-state index in [9.17, 15) is 22.8 Å². The SMILES string of the molecule is CC(C)(C)NC(=O)O[C@H]1CCN(C(=O)c2cn(-c3cc(C(F)(F)F)ccn3)cn2)C1. The van der Waals surface area contributed by atoms with Crippen molar-refractivity contribution in [2.45, 2.75) is 45.0 Å². The molecule has 1 saturated heterocycles. The van der Waals surface area contributed by atoms with Crippen molar-refractivity contribution >= 4 is 12.0 Å². The number of likely N-dealkylation sites (tertiary alicyclic amines) is 1. The number of imidazole rings is 1. The van der Waals surface area contributed by atoms with E-state index in [-0.39, 0.29) is 18.1 Å². The van der Waals surface area contributed by atoms with Crippen LogP contribution in [0.3, 0.4) is 0 Å². The molecular weight excluding hydrogens is 403 g/mol. The van der Waals surface area contributed by atoms with E-state index in [1.54, 1.807) is 0 Å². The summed E-state index contributed by atoms with van der Waals surface area (Å²) in [6.45, 7) is 6.07. The topological polar surface area (TPSA) is 89.4 Å². The number of hydrogen-bond acceptors (Lipinski definition) is 5. The van der Waals surface area contributed by atoms with Gasteiger partial charge in [-0.25, -0.2) is 14.8 Å². The van der Waals surface area contributed by atoms with Crippen molar-refractivity contribution in [1.82, 2.24) is 24.8 Å². The van der Waals surface area contributed by atoms with Crippen LogP contribution in [0.4, 0.5) is 18.0 Å². The largest absolute Gasteiger partial charge is 0.444 e. The number of pyridine rings is 1. The quantitative estimate of drug-likeness (QED) is 0.817. The highest BCUT2D eigenvalue weighted by atomic mass is 19.4. The zero-order valence-electron chi connectivity index (χ0n) is 16.7. The van der Waals surface area contributed by atoms with Gasteiger partial charge in [-0.3, -0.25) is 9.36 Å². The maximum atomic E-state index is 12.9. The van der Waals surface area contributed by atoms with E-state index in [1.807, 2.05) is 20.8 Å². The minimum Gasteiger partial charge on any atom is -0.444 e. The molecule has 30 heavy (non-hydrogen) atoms. The number of alkyl carbamates (subject to hydrolysis) is 1. The number of carbonyl (C=O) groups is 2. The number of nitrogens with zero attached hydrogens (tertiary/aromatic N) is 4. The molecule has 0 unspecified atom stereocenters. The van der Waals surface area contributed by atoms with Crippen LogP contribution in [0.2, 0.25) is 0 Å². The highest BCUT2D eigenvalue weighted by molar-refractivity contribution is 5.92. The summed E-state index contributed by atoms with van der Waals surface area (Å²) in [4.78, 5) is 33.9. The van der Waals surface area contributed by atoms with Crippen LogP contribution in [-0.2, 0) is 10.9 Å². The van der Waals surface area contributed by atoms with Gasteiger partial charge in [0.1, 0.15) is 23.9 Å². The molecule has 1 aliphatic rings. The average molecular weight is 425 g/mol. The Hall–Kier alpha value is -3.11. The molecule has 162 valence electrons. The van der Waals surface area contributed by atoms with Crippen LogP contribution in [0, 0.1) is 0 Å². The Kier molecular flexibility index (Phi) is 5.73. The van der Waals surface area contributed by atoms with Gasteiger partial charge < -0.3 is 15.0 Å². The predicted octanol–water partition coefficient (Wildman–Crippen LogP) is 3.03. The molecule has 1 N–H and O–H groups in total. The molecule has 0 saturated carbocycles. The second-order valence-electron chi connectivity index (χ2n) is 8.01. The first-order valence-corrected chi connectivity index (χ1v) is 9.28. The molecule has 0 aromatic carbocycles. The Morgan fingerprint density at radius 3 is 2.63 bits per heavy atom. The van der Waals surface area contributed by atoms with Gasteiger partial charge in [0.25, 0.3) is 5.91 Å². The predicted molar refractivity (Wildman–Crippen MR) is 100 cm³/mol. The lowest BCUT2D eigenvalue weighted by Gasteiger charge is -2.22. The Bertz CT molecular complexity index is 936. The first-order chi connectivity index (χ1) is 13.9. The van der Waals surface area contributed by atoms with Crippen LogP contribution in [-0.4, -0.2) is 56.2 Å². The third-order valence-corrected chi connectivity index (χ3v) is 4.32. The highest BCUT2D eigenvalue weighted by Crippen LogP contribution is 2.29. The van der Waals surface area contributed by atoms with Crippen LogP contribution in [0.5, 0.6) is 0 Å². The summed E-state index contributed by atoms with van der Waals surface area (Å²) in [6, 6.07) is 1.75. The van der Waals surface area contributed by atoms with Crippen LogP contribution in [0.1, 0.15) is 43.2 Å². The molecule has 1 aliphatic heterocycles. The molecule has 0 radical (unpaired) electrons. The smallest absolute Gasteiger partial charge is 0.416 e. The molecule has 3 rings (SSSR count). The highest BCUT2D eigenvalue weighted by Gasteiger charge is 2.32. The Labute approximate surface area is 171 Å². The number of aromatic nitrogens is 3. The van der Waals surface area contributed by atoms with Crippen LogP contribution in [0.15, 0.2) is 30.9 Å². The number of carbonyl (C=O) groups excluding carboxylic acids is 2. The molecule has 1 atom stereocenters. The van der Waals surface area contributed by atoms with Gasteiger partial charge in [0.15, 0.2) is 0 Å². The minimum atomic E-state index is -4.50. The van der Waals surface area contributed by atoms with Crippen molar-refractivity contribution in [2.75, 3.05) is 13.1 Å². The minimum absolute atomic E-state index is 0.00198. The van der Waals surface area contributed by atoms with Gasteiger partial charge in [-0.2, -0.15) is 13.2 Å². The van der Waals surface area contributed by atoms with Gasteiger partial charge in [-0.05, 0) is 32.9 Å². The lowest BCUT2D eigenvalue weighted by molar-refractivity contribution is -0.137. The number of ether oxygens (including phenoxy) is 1. The average Bonchev–Trinajstić information content (AvgIpc) is 3.28. The molecule has 2 aromatic heterocycles. The second kappa shape index (κ2) is 7.96.